The molecule has 0 amide bonds. The van der Waals surface area contributed by atoms with Gasteiger partial charge in [-0.15, -0.1) is 0 Å². The molecule has 0 saturated heterocycles. The van der Waals surface area contributed by atoms with E-state index in [1.165, 1.54) is 5.56 Å². The summed E-state index contributed by atoms with van der Waals surface area (Å²) in [5.41, 5.74) is 3.80. The number of nitrogens with zero attached hydrogens (tertiary/aromatic N) is 2. The number of fused-ring (bicyclic) bond motifs is 1. The fraction of sp³-hybridized carbons (Fsp3) is 0.318. The molecule has 1 saturated carbocycles. The van der Waals surface area contributed by atoms with Gasteiger partial charge in [0, 0.05) is 24.6 Å². The van der Waals surface area contributed by atoms with Crippen LogP contribution in [0.15, 0.2) is 58.0 Å². The summed E-state index contributed by atoms with van der Waals surface area (Å²) in [4.78, 5) is 4.70. The number of aryl methyl sites for hydroxylation is 1. The van der Waals surface area contributed by atoms with Crippen LogP contribution >= 0.6 is 0 Å². The van der Waals surface area contributed by atoms with E-state index in [0.717, 1.165) is 41.8 Å². The highest BCUT2D eigenvalue weighted by Gasteiger charge is 2.31. The predicted octanol–water partition coefficient (Wildman–Crippen LogP) is 4.27. The molecule has 0 N–H and O–H groups in total. The Kier molecular flexibility index (Phi) is 4.14. The van der Waals surface area contributed by atoms with E-state index in [1.54, 1.807) is 16.6 Å². The van der Waals surface area contributed by atoms with Gasteiger partial charge in [0.1, 0.15) is 0 Å². The van der Waals surface area contributed by atoms with Gasteiger partial charge < -0.3 is 4.42 Å². The number of benzene rings is 2. The van der Waals surface area contributed by atoms with Crippen molar-refractivity contribution < 1.29 is 12.8 Å². The van der Waals surface area contributed by atoms with Crippen LogP contribution < -0.4 is 0 Å². The number of aromatic nitrogens is 1. The standard InChI is InChI=1S/C22H22N2O3S/c1-15-6-7-18(20-13-23-22(27-20)17-8-9-17)12-21(15)28(25,26)24-11-10-16-4-2-3-5-19(16)14-24/h2-7,12-13,17H,8-11,14H2,1H3. The molecule has 2 aromatic carbocycles. The minimum atomic E-state index is -3.59. The minimum absolute atomic E-state index is 0.341. The van der Waals surface area contributed by atoms with Gasteiger partial charge in [-0.3, -0.25) is 0 Å². The molecule has 5 rings (SSSR count). The lowest BCUT2D eigenvalue weighted by atomic mass is 10.0. The van der Waals surface area contributed by atoms with E-state index >= 15 is 0 Å². The summed E-state index contributed by atoms with van der Waals surface area (Å²) in [5, 5.41) is 0. The van der Waals surface area contributed by atoms with E-state index in [0.29, 0.717) is 29.7 Å². The first kappa shape index (κ1) is 17.6. The zero-order valence-corrected chi connectivity index (χ0v) is 16.6. The summed E-state index contributed by atoms with van der Waals surface area (Å²) in [6.45, 7) is 2.75. The van der Waals surface area contributed by atoms with Crippen LogP contribution in [0.5, 0.6) is 0 Å². The van der Waals surface area contributed by atoms with Gasteiger partial charge in [0.05, 0.1) is 11.1 Å². The predicted molar refractivity (Wildman–Crippen MR) is 106 cm³/mol. The highest BCUT2D eigenvalue weighted by Crippen LogP contribution is 2.41. The van der Waals surface area contributed by atoms with Crippen LogP contribution in [0.1, 0.15) is 41.3 Å². The molecule has 1 aliphatic heterocycles. The minimum Gasteiger partial charge on any atom is -0.440 e. The van der Waals surface area contributed by atoms with Crippen molar-refractivity contribution in [3.63, 3.8) is 0 Å². The second-order valence-corrected chi connectivity index (χ2v) is 9.58. The van der Waals surface area contributed by atoms with E-state index in [2.05, 4.69) is 11.1 Å². The van der Waals surface area contributed by atoms with Crippen LogP contribution in [0.4, 0.5) is 0 Å². The van der Waals surface area contributed by atoms with Crippen molar-refractivity contribution in [2.45, 2.75) is 43.5 Å². The normalized spacial score (nSPS) is 17.5. The fourth-order valence-electron chi connectivity index (χ4n) is 3.79. The number of hydrogen-bond acceptors (Lipinski definition) is 4. The van der Waals surface area contributed by atoms with Gasteiger partial charge >= 0.3 is 0 Å². The van der Waals surface area contributed by atoms with Gasteiger partial charge in [-0.05, 0) is 48.9 Å². The summed E-state index contributed by atoms with van der Waals surface area (Å²) in [7, 11) is -3.59. The Bertz CT molecular complexity index is 1150. The molecule has 0 atom stereocenters. The van der Waals surface area contributed by atoms with Crippen LogP contribution in [0.25, 0.3) is 11.3 Å². The van der Waals surface area contributed by atoms with Crippen molar-refractivity contribution >= 4 is 10.0 Å². The summed E-state index contributed by atoms with van der Waals surface area (Å²) in [6.07, 6.45) is 4.67. The third-order valence-corrected chi connectivity index (χ3v) is 7.62. The van der Waals surface area contributed by atoms with Crippen LogP contribution in [0, 0.1) is 6.92 Å². The third-order valence-electron chi connectivity index (χ3n) is 5.64. The average molecular weight is 394 g/mol. The van der Waals surface area contributed by atoms with Crippen LogP contribution in [-0.2, 0) is 23.0 Å². The SMILES string of the molecule is Cc1ccc(-c2cnc(C3CC3)o2)cc1S(=O)(=O)N1CCc2ccccc2C1. The molecule has 6 heteroatoms. The zero-order chi connectivity index (χ0) is 19.3. The van der Waals surface area contributed by atoms with Crippen LogP contribution in [-0.4, -0.2) is 24.3 Å². The maximum Gasteiger partial charge on any atom is 0.243 e. The molecule has 0 radical (unpaired) electrons. The van der Waals surface area contributed by atoms with E-state index in [-0.39, 0.29) is 0 Å². The first-order valence-corrected chi connectivity index (χ1v) is 11.1. The summed E-state index contributed by atoms with van der Waals surface area (Å²) >= 11 is 0. The van der Waals surface area contributed by atoms with Gasteiger partial charge in [0.2, 0.25) is 10.0 Å². The van der Waals surface area contributed by atoms with E-state index < -0.39 is 10.0 Å². The average Bonchev–Trinajstić information content (AvgIpc) is 3.45. The molecule has 0 unspecified atom stereocenters. The lowest BCUT2D eigenvalue weighted by molar-refractivity contribution is 0.391. The highest BCUT2D eigenvalue weighted by atomic mass is 32.2. The molecular formula is C22H22N2O3S. The quantitative estimate of drug-likeness (QED) is 0.663. The molecule has 0 bridgehead atoms. The molecule has 5 nitrogen and oxygen atoms in total. The molecular weight excluding hydrogens is 372 g/mol. The topological polar surface area (TPSA) is 63.4 Å². The highest BCUT2D eigenvalue weighted by molar-refractivity contribution is 7.89. The Morgan fingerprint density at radius 2 is 1.89 bits per heavy atom. The van der Waals surface area contributed by atoms with Crippen LogP contribution in [0.3, 0.4) is 0 Å². The molecule has 0 spiro atoms. The monoisotopic (exact) mass is 394 g/mol. The zero-order valence-electron chi connectivity index (χ0n) is 15.8. The van der Waals surface area contributed by atoms with E-state index in [4.69, 9.17) is 4.42 Å². The Morgan fingerprint density at radius 3 is 2.68 bits per heavy atom. The fourth-order valence-corrected chi connectivity index (χ4v) is 5.46. The maximum atomic E-state index is 13.4. The van der Waals surface area contributed by atoms with Crippen molar-refractivity contribution in [3.05, 3.63) is 71.2 Å². The van der Waals surface area contributed by atoms with Crippen molar-refractivity contribution in [3.8, 4) is 11.3 Å². The molecule has 2 aliphatic rings. The first-order chi connectivity index (χ1) is 13.5. The molecule has 1 aliphatic carbocycles. The van der Waals surface area contributed by atoms with Gasteiger partial charge in [-0.2, -0.15) is 4.31 Å². The van der Waals surface area contributed by atoms with Crippen molar-refractivity contribution in [1.82, 2.24) is 9.29 Å². The second kappa shape index (κ2) is 6.57. The van der Waals surface area contributed by atoms with Crippen molar-refractivity contribution in [1.29, 1.82) is 0 Å². The van der Waals surface area contributed by atoms with Gasteiger partial charge in [0.15, 0.2) is 11.7 Å². The number of oxazole rings is 1. The van der Waals surface area contributed by atoms with E-state index in [9.17, 15) is 8.42 Å². The summed E-state index contributed by atoms with van der Waals surface area (Å²) < 4.78 is 34.3. The second-order valence-electron chi connectivity index (χ2n) is 7.67. The largest absolute Gasteiger partial charge is 0.440 e. The number of rotatable bonds is 4. The van der Waals surface area contributed by atoms with Crippen molar-refractivity contribution in [2.24, 2.45) is 0 Å². The number of sulfonamides is 1. The van der Waals surface area contributed by atoms with Gasteiger partial charge in [-0.1, -0.05) is 36.4 Å². The van der Waals surface area contributed by atoms with Crippen molar-refractivity contribution in [2.75, 3.05) is 6.54 Å². The third kappa shape index (κ3) is 3.06. The Labute approximate surface area is 165 Å². The Hall–Kier alpha value is -2.44. The molecule has 3 aromatic rings. The first-order valence-electron chi connectivity index (χ1n) is 9.66. The van der Waals surface area contributed by atoms with Gasteiger partial charge in [0.25, 0.3) is 0 Å². The smallest absolute Gasteiger partial charge is 0.243 e. The molecule has 1 fully saturated rings. The van der Waals surface area contributed by atoms with Gasteiger partial charge in [-0.25, -0.2) is 13.4 Å². The molecule has 28 heavy (non-hydrogen) atoms. The Balaban J connectivity index is 1.49. The van der Waals surface area contributed by atoms with E-state index in [1.807, 2.05) is 37.3 Å². The summed E-state index contributed by atoms with van der Waals surface area (Å²) in [6, 6.07) is 13.5. The summed E-state index contributed by atoms with van der Waals surface area (Å²) in [5.74, 6) is 1.81. The van der Waals surface area contributed by atoms with Crippen LogP contribution in [0.2, 0.25) is 0 Å². The Morgan fingerprint density at radius 1 is 1.11 bits per heavy atom. The maximum absolute atomic E-state index is 13.4. The number of hydrogen-bond donors (Lipinski definition) is 0. The molecule has 1 aromatic heterocycles. The lowest BCUT2D eigenvalue weighted by Gasteiger charge is -2.28. The molecule has 2 heterocycles. The lowest BCUT2D eigenvalue weighted by Crippen LogP contribution is -2.36. The molecule has 144 valence electrons.